The van der Waals surface area contributed by atoms with Crippen LogP contribution in [0.25, 0.3) is 21.3 Å². The van der Waals surface area contributed by atoms with E-state index in [4.69, 9.17) is 44.3 Å². The Bertz CT molecular complexity index is 412. The quantitative estimate of drug-likeness (QED) is 0.421. The van der Waals surface area contributed by atoms with Crippen molar-refractivity contribution in [3.63, 3.8) is 0 Å². The SMILES string of the molecule is C.CC(C)(C)[N-]/C=C\[N-]C(C)(C)C.CC(C)(C)[N-]C=C[N-]C(C)(C)C.CO.CO.[Cl][Zr]([Cl])([Cl])[Cl].[Li+].[Li+].[Zr+2]. The number of nitrogens with zero attached hydrogens (tertiary/aromatic N) is 4. The van der Waals surface area contributed by atoms with Crippen molar-refractivity contribution in [2.45, 2.75) is 113 Å². The van der Waals surface area contributed by atoms with Gasteiger partial charge in [-0.05, 0) is 0 Å². The van der Waals surface area contributed by atoms with Crippen molar-refractivity contribution in [1.82, 2.24) is 0 Å². The first kappa shape index (κ1) is 63.1. The summed E-state index contributed by atoms with van der Waals surface area (Å²) in [5.74, 6) is 0. The van der Waals surface area contributed by atoms with Gasteiger partial charge in [-0.3, -0.25) is 0 Å². The van der Waals surface area contributed by atoms with Crippen molar-refractivity contribution < 1.29 is 89.6 Å². The molecule has 0 aliphatic rings. The van der Waals surface area contributed by atoms with Crippen LogP contribution < -0.4 is 37.7 Å². The molecule has 0 aromatic carbocycles. The van der Waals surface area contributed by atoms with Crippen LogP contribution in [0.4, 0.5) is 0 Å². The molecule has 0 radical (unpaired) electrons. The van der Waals surface area contributed by atoms with Crippen molar-refractivity contribution in [3.05, 3.63) is 46.1 Å². The Kier molecular flexibility index (Phi) is 56.7. The van der Waals surface area contributed by atoms with Gasteiger partial charge in [0, 0.05) is 14.2 Å². The van der Waals surface area contributed by atoms with Crippen LogP contribution in [-0.2, 0) is 41.7 Å². The summed E-state index contributed by atoms with van der Waals surface area (Å²) in [7, 11) is 22.1. The molecule has 0 aliphatic carbocycles. The molecule has 0 unspecified atom stereocenters. The minimum Gasteiger partial charge on any atom is 1.00 e. The molecule has 0 rings (SSSR count). The second kappa shape index (κ2) is 33.2. The van der Waals surface area contributed by atoms with Gasteiger partial charge in [0.2, 0.25) is 0 Å². The van der Waals surface area contributed by atoms with Crippen molar-refractivity contribution in [2.24, 2.45) is 0 Å². The predicted octanol–water partition coefficient (Wildman–Crippen LogP) is 4.22. The van der Waals surface area contributed by atoms with Crippen molar-refractivity contribution in [3.8, 4) is 0 Å². The van der Waals surface area contributed by atoms with Crippen molar-refractivity contribution >= 4 is 34.1 Å². The Labute approximate surface area is 293 Å². The van der Waals surface area contributed by atoms with Gasteiger partial charge in [0.25, 0.3) is 0 Å². The number of hydrogen-bond acceptors (Lipinski definition) is 2. The number of aliphatic hydroxyl groups excluding tert-OH is 2. The Morgan fingerprint density at radius 1 is 0.459 bits per heavy atom. The van der Waals surface area contributed by atoms with Gasteiger partial charge in [-0.15, -0.1) is 22.2 Å². The van der Waals surface area contributed by atoms with Crippen LogP contribution in [0, 0.1) is 0 Å². The van der Waals surface area contributed by atoms with Gasteiger partial charge in [-0.1, -0.05) is 90.5 Å². The number of rotatable bonds is 4. The number of aliphatic hydroxyl groups is 2. The zero-order valence-electron chi connectivity index (χ0n) is 25.5. The first-order valence-electron chi connectivity index (χ1n) is 10.2. The van der Waals surface area contributed by atoms with Gasteiger partial charge in [0.15, 0.2) is 0 Å². The summed E-state index contributed by atoms with van der Waals surface area (Å²) in [6.45, 7) is 24.8. The van der Waals surface area contributed by atoms with E-state index in [9.17, 15) is 0 Å². The predicted molar refractivity (Wildman–Crippen MR) is 157 cm³/mol. The Morgan fingerprint density at radius 3 is 0.595 bits per heavy atom. The molecular formula is C23H52Cl4Li2N4O2Zr2. The third kappa shape index (κ3) is 122. The monoisotopic (exact) mass is 750 g/mol. The molecule has 2 N–H and O–H groups in total. The zero-order valence-corrected chi connectivity index (χ0v) is 33.4. The van der Waals surface area contributed by atoms with E-state index in [0.29, 0.717) is 0 Å². The van der Waals surface area contributed by atoms with Crippen molar-refractivity contribution in [1.29, 1.82) is 0 Å². The maximum absolute atomic E-state index is 7.00. The van der Waals surface area contributed by atoms with E-state index in [2.05, 4.69) is 104 Å². The normalized spacial score (nSPS) is 10.7. The average molecular weight is 755 g/mol. The largest absolute Gasteiger partial charge is 2.00 e. The first-order chi connectivity index (χ1) is 14.4. The van der Waals surface area contributed by atoms with Crippen LogP contribution in [0.5, 0.6) is 0 Å². The van der Waals surface area contributed by atoms with Gasteiger partial charge in [-0.25, -0.2) is 24.8 Å². The van der Waals surface area contributed by atoms with Crippen LogP contribution >= 0.6 is 34.1 Å². The molecule has 0 spiro atoms. The summed E-state index contributed by atoms with van der Waals surface area (Å²) in [4.78, 5) is 0. The first-order valence-corrected chi connectivity index (χ1v) is 22.9. The summed E-state index contributed by atoms with van der Waals surface area (Å²) >= 11 is -3.29. The van der Waals surface area contributed by atoms with Gasteiger partial charge < -0.3 is 31.5 Å². The van der Waals surface area contributed by atoms with Crippen LogP contribution in [-0.4, -0.2) is 46.6 Å². The third-order valence-electron chi connectivity index (χ3n) is 1.98. The second-order valence-electron chi connectivity index (χ2n) is 10.2. The number of halogens is 4. The molecule has 0 bridgehead atoms. The molecule has 0 aromatic rings. The second-order valence-corrected chi connectivity index (χ2v) is 32.6. The van der Waals surface area contributed by atoms with Crippen LogP contribution in [0.3, 0.4) is 0 Å². The summed E-state index contributed by atoms with van der Waals surface area (Å²) in [5, 5.41) is 31.1. The summed E-state index contributed by atoms with van der Waals surface area (Å²) in [5.41, 5.74) is 0.0155. The maximum Gasteiger partial charge on any atom is 2.00 e. The van der Waals surface area contributed by atoms with Crippen LogP contribution in [0.2, 0.25) is 0 Å². The average Bonchev–Trinajstić information content (AvgIpc) is 2.55. The molecule has 214 valence electrons. The van der Waals surface area contributed by atoms with Gasteiger partial charge in [0.1, 0.15) is 0 Å². The molecule has 0 aromatic heterocycles. The van der Waals surface area contributed by atoms with E-state index < -0.39 is 15.5 Å². The Hall–Kier alpha value is 2.72. The molecular weight excluding hydrogens is 702 g/mol. The summed E-state index contributed by atoms with van der Waals surface area (Å²) < 4.78 is 0. The molecule has 0 saturated carbocycles. The van der Waals surface area contributed by atoms with E-state index in [1.165, 1.54) is 0 Å². The molecule has 0 aliphatic heterocycles. The van der Waals surface area contributed by atoms with Gasteiger partial charge in [-0.2, -0.15) is 0 Å². The fourth-order valence-electron chi connectivity index (χ4n) is 1.03. The van der Waals surface area contributed by atoms with E-state index in [1.54, 1.807) is 24.8 Å². The molecule has 0 amide bonds. The minimum absolute atomic E-state index is 0. The van der Waals surface area contributed by atoms with Crippen molar-refractivity contribution in [2.75, 3.05) is 14.2 Å². The fraction of sp³-hybridized carbons (Fsp3) is 0.826. The molecule has 6 nitrogen and oxygen atoms in total. The molecule has 37 heavy (non-hydrogen) atoms. The summed E-state index contributed by atoms with van der Waals surface area (Å²) in [6.07, 6.45) is 7.08. The summed E-state index contributed by atoms with van der Waals surface area (Å²) in [6, 6.07) is 0. The van der Waals surface area contributed by atoms with Crippen LogP contribution in [0.1, 0.15) is 90.5 Å². The molecule has 14 heteroatoms. The Balaban J connectivity index is -0.0000000425. The van der Waals surface area contributed by atoms with Crippen LogP contribution in [0.15, 0.2) is 24.8 Å². The van der Waals surface area contributed by atoms with Gasteiger partial charge in [0.05, 0.1) is 0 Å². The molecule has 0 saturated heterocycles. The van der Waals surface area contributed by atoms with E-state index in [1.807, 2.05) is 0 Å². The molecule has 0 heterocycles. The van der Waals surface area contributed by atoms with E-state index >= 15 is 0 Å². The van der Waals surface area contributed by atoms with Gasteiger partial charge >= 0.3 is 113 Å². The zero-order chi connectivity index (χ0) is 28.2. The Morgan fingerprint density at radius 2 is 0.541 bits per heavy atom. The standard InChI is InChI=1S/2C10H20N2.2CH4O.CH4.4ClH.2Li.2Zr/c2*1-9(2,3)11-7-8-12-10(4,5)6;2*1-2;;;;;;;;;/h2*7-8H,1-6H3;2*2H,1H3;1H4;4*1H;;;;/q2*-2;;;;;;;;2*+1;+2;+4/p-4/b8-7-;;;;;;;;;;;;. The number of hydrogen-bond donors (Lipinski definition) is 2. The van der Waals surface area contributed by atoms with E-state index in [-0.39, 0.29) is 93.5 Å². The third-order valence-corrected chi connectivity index (χ3v) is 1.98. The minimum atomic E-state index is -3.29. The molecule has 0 fully saturated rings. The maximum atomic E-state index is 7.00. The smallest absolute Gasteiger partial charge is 1.00 e. The fourth-order valence-corrected chi connectivity index (χ4v) is 1.03. The topological polar surface area (TPSA) is 96.9 Å². The molecule has 0 atom stereocenters. The van der Waals surface area contributed by atoms with E-state index in [0.717, 1.165) is 14.2 Å².